The van der Waals surface area contributed by atoms with Crippen LogP contribution in [0.2, 0.25) is 0 Å². The van der Waals surface area contributed by atoms with Gasteiger partial charge in [-0.15, -0.1) is 0 Å². The SMILES string of the molecule is CCc1ccc(Cn2cncc2C(CN)C(C)C)cc1. The molecule has 2 N–H and O–H groups in total. The van der Waals surface area contributed by atoms with Crippen molar-refractivity contribution in [1.82, 2.24) is 9.55 Å². The molecule has 0 saturated heterocycles. The van der Waals surface area contributed by atoms with Gasteiger partial charge in [0.25, 0.3) is 0 Å². The second-order valence-electron chi connectivity index (χ2n) is 5.70. The van der Waals surface area contributed by atoms with Gasteiger partial charge in [0.1, 0.15) is 0 Å². The van der Waals surface area contributed by atoms with Crippen LogP contribution in [-0.2, 0) is 13.0 Å². The van der Waals surface area contributed by atoms with Crippen LogP contribution in [0.3, 0.4) is 0 Å². The summed E-state index contributed by atoms with van der Waals surface area (Å²) in [6.45, 7) is 8.13. The summed E-state index contributed by atoms with van der Waals surface area (Å²) < 4.78 is 2.22. The van der Waals surface area contributed by atoms with E-state index in [1.54, 1.807) is 0 Å². The zero-order valence-electron chi connectivity index (χ0n) is 12.7. The number of hydrogen-bond donors (Lipinski definition) is 1. The van der Waals surface area contributed by atoms with Gasteiger partial charge < -0.3 is 10.3 Å². The van der Waals surface area contributed by atoms with E-state index < -0.39 is 0 Å². The van der Waals surface area contributed by atoms with E-state index in [-0.39, 0.29) is 0 Å². The molecule has 0 saturated carbocycles. The number of aromatic nitrogens is 2. The van der Waals surface area contributed by atoms with Crippen molar-refractivity contribution in [1.29, 1.82) is 0 Å². The zero-order chi connectivity index (χ0) is 14.5. The van der Waals surface area contributed by atoms with Gasteiger partial charge in [-0.3, -0.25) is 0 Å². The molecule has 3 heteroatoms. The van der Waals surface area contributed by atoms with Crippen LogP contribution in [0.5, 0.6) is 0 Å². The van der Waals surface area contributed by atoms with Crippen LogP contribution in [0.15, 0.2) is 36.8 Å². The number of rotatable bonds is 6. The molecular weight excluding hydrogens is 246 g/mol. The second-order valence-corrected chi connectivity index (χ2v) is 5.70. The summed E-state index contributed by atoms with van der Waals surface area (Å²) >= 11 is 0. The van der Waals surface area contributed by atoms with Gasteiger partial charge in [-0.1, -0.05) is 45.0 Å². The fourth-order valence-electron chi connectivity index (χ4n) is 2.58. The first-order valence-electron chi connectivity index (χ1n) is 7.43. The molecule has 0 spiro atoms. The predicted octanol–water partition coefficient (Wildman–Crippen LogP) is 3.19. The van der Waals surface area contributed by atoms with Gasteiger partial charge in [0.15, 0.2) is 0 Å². The minimum atomic E-state index is 0.368. The quantitative estimate of drug-likeness (QED) is 0.877. The maximum Gasteiger partial charge on any atom is 0.0951 e. The van der Waals surface area contributed by atoms with E-state index in [4.69, 9.17) is 5.73 Å². The molecule has 108 valence electrons. The summed E-state index contributed by atoms with van der Waals surface area (Å²) in [7, 11) is 0. The van der Waals surface area contributed by atoms with Gasteiger partial charge in [-0.2, -0.15) is 0 Å². The van der Waals surface area contributed by atoms with E-state index in [1.165, 1.54) is 16.8 Å². The third-order valence-electron chi connectivity index (χ3n) is 3.97. The average Bonchev–Trinajstić information content (AvgIpc) is 2.88. The molecule has 0 bridgehead atoms. The largest absolute Gasteiger partial charge is 0.330 e. The highest BCUT2D eigenvalue weighted by Crippen LogP contribution is 2.23. The lowest BCUT2D eigenvalue weighted by Gasteiger charge is -2.20. The number of nitrogens with zero attached hydrogens (tertiary/aromatic N) is 2. The Morgan fingerprint density at radius 1 is 1.15 bits per heavy atom. The first kappa shape index (κ1) is 14.8. The fraction of sp³-hybridized carbons (Fsp3) is 0.471. The van der Waals surface area contributed by atoms with Crippen LogP contribution in [0.4, 0.5) is 0 Å². The summed E-state index contributed by atoms with van der Waals surface area (Å²) in [4.78, 5) is 4.31. The Balaban J connectivity index is 2.19. The third kappa shape index (κ3) is 3.28. The molecule has 0 aliphatic rings. The molecular formula is C17H25N3. The predicted molar refractivity (Wildman–Crippen MR) is 83.8 cm³/mol. The van der Waals surface area contributed by atoms with Crippen molar-refractivity contribution in [3.63, 3.8) is 0 Å². The second kappa shape index (κ2) is 6.71. The number of benzene rings is 1. The Kier molecular flexibility index (Phi) is 4.96. The van der Waals surface area contributed by atoms with E-state index in [0.29, 0.717) is 18.4 Å². The van der Waals surface area contributed by atoms with E-state index in [2.05, 4.69) is 54.6 Å². The van der Waals surface area contributed by atoms with Crippen LogP contribution < -0.4 is 5.73 Å². The van der Waals surface area contributed by atoms with Crippen LogP contribution in [-0.4, -0.2) is 16.1 Å². The minimum absolute atomic E-state index is 0.368. The van der Waals surface area contributed by atoms with E-state index in [0.717, 1.165) is 13.0 Å². The summed E-state index contributed by atoms with van der Waals surface area (Å²) in [5.41, 5.74) is 9.84. The molecule has 1 heterocycles. The van der Waals surface area contributed by atoms with Crippen molar-refractivity contribution >= 4 is 0 Å². The highest BCUT2D eigenvalue weighted by Gasteiger charge is 2.18. The van der Waals surface area contributed by atoms with Crippen molar-refractivity contribution in [2.24, 2.45) is 11.7 Å². The summed E-state index contributed by atoms with van der Waals surface area (Å²) in [6.07, 6.45) is 4.95. The first-order valence-corrected chi connectivity index (χ1v) is 7.43. The molecule has 3 nitrogen and oxygen atoms in total. The first-order chi connectivity index (χ1) is 9.65. The van der Waals surface area contributed by atoms with Crippen LogP contribution in [0.1, 0.15) is 43.5 Å². The number of aryl methyl sites for hydroxylation is 1. The normalized spacial score (nSPS) is 12.8. The molecule has 1 aromatic carbocycles. The number of hydrogen-bond acceptors (Lipinski definition) is 2. The van der Waals surface area contributed by atoms with E-state index >= 15 is 0 Å². The van der Waals surface area contributed by atoms with Crippen LogP contribution in [0.25, 0.3) is 0 Å². The van der Waals surface area contributed by atoms with Crippen molar-refractivity contribution in [3.8, 4) is 0 Å². The van der Waals surface area contributed by atoms with Gasteiger partial charge in [-0.25, -0.2) is 4.98 Å². The van der Waals surface area contributed by atoms with Crippen LogP contribution >= 0.6 is 0 Å². The maximum absolute atomic E-state index is 5.92. The van der Waals surface area contributed by atoms with E-state index in [9.17, 15) is 0 Å². The van der Waals surface area contributed by atoms with Gasteiger partial charge in [-0.05, 0) is 23.5 Å². The van der Waals surface area contributed by atoms with Gasteiger partial charge in [0.2, 0.25) is 0 Å². The third-order valence-corrected chi connectivity index (χ3v) is 3.97. The Morgan fingerprint density at radius 2 is 1.80 bits per heavy atom. The van der Waals surface area contributed by atoms with Crippen molar-refractivity contribution < 1.29 is 0 Å². The van der Waals surface area contributed by atoms with Crippen LogP contribution in [0, 0.1) is 5.92 Å². The topological polar surface area (TPSA) is 43.8 Å². The molecule has 0 radical (unpaired) electrons. The van der Waals surface area contributed by atoms with Crippen molar-refractivity contribution in [2.75, 3.05) is 6.54 Å². The molecule has 0 aliphatic heterocycles. The molecule has 2 aromatic rings. The highest BCUT2D eigenvalue weighted by atomic mass is 15.0. The van der Waals surface area contributed by atoms with Gasteiger partial charge in [0, 0.05) is 30.9 Å². The maximum atomic E-state index is 5.92. The Labute approximate surface area is 121 Å². The summed E-state index contributed by atoms with van der Waals surface area (Å²) in [6, 6.07) is 8.81. The zero-order valence-corrected chi connectivity index (χ0v) is 12.7. The minimum Gasteiger partial charge on any atom is -0.330 e. The lowest BCUT2D eigenvalue weighted by molar-refractivity contribution is 0.478. The molecule has 0 amide bonds. The Bertz CT molecular complexity index is 525. The molecule has 0 fully saturated rings. The standard InChI is InChI=1S/C17H25N3/c1-4-14-5-7-15(8-6-14)11-20-12-19-10-17(20)16(9-18)13(2)3/h5-8,10,12-13,16H,4,9,11,18H2,1-3H3. The molecule has 2 rings (SSSR count). The summed E-state index contributed by atoms with van der Waals surface area (Å²) in [5, 5.41) is 0. The Hall–Kier alpha value is -1.61. The lowest BCUT2D eigenvalue weighted by Crippen LogP contribution is -2.21. The lowest BCUT2D eigenvalue weighted by atomic mass is 9.93. The van der Waals surface area contributed by atoms with Crippen molar-refractivity contribution in [2.45, 2.75) is 39.7 Å². The molecule has 1 unspecified atom stereocenters. The van der Waals surface area contributed by atoms with Gasteiger partial charge >= 0.3 is 0 Å². The van der Waals surface area contributed by atoms with E-state index in [1.807, 2.05) is 12.5 Å². The smallest absolute Gasteiger partial charge is 0.0951 e. The highest BCUT2D eigenvalue weighted by molar-refractivity contribution is 5.23. The monoisotopic (exact) mass is 271 g/mol. The molecule has 1 atom stereocenters. The summed E-state index contributed by atoms with van der Waals surface area (Å²) in [5.74, 6) is 0.894. The number of nitrogens with two attached hydrogens (primary N) is 1. The van der Waals surface area contributed by atoms with Gasteiger partial charge in [0.05, 0.1) is 6.33 Å². The Morgan fingerprint density at radius 3 is 2.35 bits per heavy atom. The van der Waals surface area contributed by atoms with Crippen molar-refractivity contribution in [3.05, 3.63) is 53.6 Å². The number of imidazole rings is 1. The molecule has 1 aromatic heterocycles. The average molecular weight is 271 g/mol. The molecule has 0 aliphatic carbocycles. The fourth-order valence-corrected chi connectivity index (χ4v) is 2.58. The molecule has 20 heavy (non-hydrogen) atoms.